The summed E-state index contributed by atoms with van der Waals surface area (Å²) in [7, 11) is 0. The summed E-state index contributed by atoms with van der Waals surface area (Å²) >= 11 is 0. The third kappa shape index (κ3) is 3.07. The third-order valence-electron chi connectivity index (χ3n) is 4.92. The number of nitrogens with zero attached hydrogens (tertiary/aromatic N) is 3. The van der Waals surface area contributed by atoms with Gasteiger partial charge in [0, 0.05) is 56.4 Å². The van der Waals surface area contributed by atoms with Gasteiger partial charge < -0.3 is 15.1 Å². The van der Waals surface area contributed by atoms with E-state index in [0.717, 1.165) is 30.0 Å². The molecule has 4 rings (SSSR count). The van der Waals surface area contributed by atoms with Gasteiger partial charge in [0.05, 0.1) is 5.92 Å². The lowest BCUT2D eigenvalue weighted by molar-refractivity contribution is -0.135. The van der Waals surface area contributed by atoms with Crippen molar-refractivity contribution in [2.75, 3.05) is 36.4 Å². The van der Waals surface area contributed by atoms with E-state index in [1.807, 2.05) is 41.3 Å². The van der Waals surface area contributed by atoms with Gasteiger partial charge in [0.2, 0.25) is 11.8 Å². The van der Waals surface area contributed by atoms with E-state index >= 15 is 0 Å². The number of piperazine rings is 1. The monoisotopic (exact) mass is 336 g/mol. The number of hydrogen-bond acceptors (Lipinski definition) is 4. The summed E-state index contributed by atoms with van der Waals surface area (Å²) in [6.07, 6.45) is 3.79. The van der Waals surface area contributed by atoms with Crippen LogP contribution in [0.3, 0.4) is 0 Å². The summed E-state index contributed by atoms with van der Waals surface area (Å²) < 4.78 is 0. The first-order chi connectivity index (χ1) is 12.2. The number of rotatable bonds is 2. The molecule has 2 aromatic rings. The number of nitrogens with one attached hydrogen (secondary N) is 1. The van der Waals surface area contributed by atoms with Gasteiger partial charge in [-0.1, -0.05) is 18.2 Å². The first-order valence-corrected chi connectivity index (χ1v) is 8.55. The zero-order valence-corrected chi connectivity index (χ0v) is 13.9. The lowest BCUT2D eigenvalue weighted by atomic mass is 9.89. The van der Waals surface area contributed by atoms with Crippen LogP contribution in [0.25, 0.3) is 0 Å². The van der Waals surface area contributed by atoms with Crippen LogP contribution in [0, 0.1) is 0 Å². The average molecular weight is 336 g/mol. The summed E-state index contributed by atoms with van der Waals surface area (Å²) in [5, 5.41) is 2.85. The second kappa shape index (κ2) is 6.55. The molecule has 6 heteroatoms. The van der Waals surface area contributed by atoms with Crippen LogP contribution < -0.4 is 10.2 Å². The first-order valence-electron chi connectivity index (χ1n) is 8.55. The molecule has 128 valence electrons. The van der Waals surface area contributed by atoms with Gasteiger partial charge >= 0.3 is 0 Å². The number of amides is 2. The fraction of sp³-hybridized carbons (Fsp3) is 0.316. The fourth-order valence-corrected chi connectivity index (χ4v) is 3.59. The molecule has 2 amide bonds. The van der Waals surface area contributed by atoms with Crippen molar-refractivity contribution in [2.24, 2.45) is 0 Å². The molecule has 0 saturated carbocycles. The molecule has 0 spiro atoms. The van der Waals surface area contributed by atoms with Crippen molar-refractivity contribution < 1.29 is 9.59 Å². The van der Waals surface area contributed by atoms with Crippen LogP contribution in [0.4, 0.5) is 11.4 Å². The van der Waals surface area contributed by atoms with E-state index in [0.29, 0.717) is 13.1 Å². The maximum atomic E-state index is 13.0. The average Bonchev–Trinajstić information content (AvgIpc) is 2.67. The van der Waals surface area contributed by atoms with Gasteiger partial charge in [-0.25, -0.2) is 0 Å². The van der Waals surface area contributed by atoms with Crippen LogP contribution in [-0.2, 0) is 9.59 Å². The van der Waals surface area contributed by atoms with Crippen molar-refractivity contribution in [3.05, 3.63) is 54.4 Å². The third-order valence-corrected chi connectivity index (χ3v) is 4.92. The molecular formula is C19H20N4O2. The van der Waals surface area contributed by atoms with Gasteiger partial charge in [-0.15, -0.1) is 0 Å². The highest BCUT2D eigenvalue weighted by Gasteiger charge is 2.34. The van der Waals surface area contributed by atoms with E-state index in [1.165, 1.54) is 0 Å². The number of fused-ring (bicyclic) bond motifs is 1. The summed E-state index contributed by atoms with van der Waals surface area (Å²) in [5.41, 5.74) is 2.81. The normalized spacial score (nSPS) is 20.0. The Labute approximate surface area is 146 Å². The number of aromatic nitrogens is 1. The van der Waals surface area contributed by atoms with Crippen molar-refractivity contribution in [1.82, 2.24) is 9.88 Å². The molecule has 2 aliphatic heterocycles. The summed E-state index contributed by atoms with van der Waals surface area (Å²) in [4.78, 5) is 33.2. The Kier molecular flexibility index (Phi) is 4.09. The number of pyridine rings is 1. The van der Waals surface area contributed by atoms with Crippen LogP contribution in [-0.4, -0.2) is 47.9 Å². The second-order valence-electron chi connectivity index (χ2n) is 6.41. The van der Waals surface area contributed by atoms with E-state index < -0.39 is 0 Å². The number of hydrogen-bond donors (Lipinski definition) is 1. The van der Waals surface area contributed by atoms with Gasteiger partial charge in [-0.3, -0.25) is 14.6 Å². The van der Waals surface area contributed by atoms with Crippen molar-refractivity contribution in [3.63, 3.8) is 0 Å². The Morgan fingerprint density at radius 1 is 1.04 bits per heavy atom. The molecule has 2 aliphatic rings. The molecular weight excluding hydrogens is 316 g/mol. The number of benzene rings is 1. The molecule has 1 aromatic carbocycles. The molecule has 0 bridgehead atoms. The number of anilines is 2. The standard InChI is InChI=1S/C19H20N4O2/c24-18-13-16(15-3-1-2-4-17(15)21-18)19(25)23-11-9-22(10-12-23)14-5-7-20-8-6-14/h1-8,16H,9-13H2,(H,21,24). The fourth-order valence-electron chi connectivity index (χ4n) is 3.59. The van der Waals surface area contributed by atoms with E-state index in [2.05, 4.69) is 15.2 Å². The molecule has 1 N–H and O–H groups in total. The Balaban J connectivity index is 1.47. The SMILES string of the molecule is O=C1CC(C(=O)N2CCN(c3ccncc3)CC2)c2ccccc2N1. The highest BCUT2D eigenvalue weighted by molar-refractivity contribution is 6.01. The molecule has 1 fully saturated rings. The van der Waals surface area contributed by atoms with E-state index in [9.17, 15) is 9.59 Å². The minimum Gasteiger partial charge on any atom is -0.368 e. The Morgan fingerprint density at radius 3 is 2.52 bits per heavy atom. The summed E-state index contributed by atoms with van der Waals surface area (Å²) in [5.74, 6) is -0.415. The van der Waals surface area contributed by atoms with E-state index in [4.69, 9.17) is 0 Å². The summed E-state index contributed by atoms with van der Waals surface area (Å²) in [6.45, 7) is 2.91. The Morgan fingerprint density at radius 2 is 1.76 bits per heavy atom. The molecule has 1 aromatic heterocycles. The topological polar surface area (TPSA) is 65.5 Å². The Bertz CT molecular complexity index is 785. The molecule has 1 unspecified atom stereocenters. The van der Waals surface area contributed by atoms with Gasteiger partial charge in [-0.2, -0.15) is 0 Å². The van der Waals surface area contributed by atoms with Crippen molar-refractivity contribution in [3.8, 4) is 0 Å². The van der Waals surface area contributed by atoms with Crippen LogP contribution in [0.15, 0.2) is 48.8 Å². The maximum Gasteiger partial charge on any atom is 0.230 e. The zero-order valence-electron chi connectivity index (χ0n) is 13.9. The van der Waals surface area contributed by atoms with Gasteiger partial charge in [0.1, 0.15) is 0 Å². The minimum atomic E-state index is -0.377. The minimum absolute atomic E-state index is 0.0525. The van der Waals surface area contributed by atoms with Gasteiger partial charge in [0.25, 0.3) is 0 Å². The first kappa shape index (κ1) is 15.6. The molecule has 6 nitrogen and oxygen atoms in total. The van der Waals surface area contributed by atoms with Crippen molar-refractivity contribution in [2.45, 2.75) is 12.3 Å². The molecule has 0 radical (unpaired) electrons. The van der Waals surface area contributed by atoms with E-state index in [1.54, 1.807) is 12.4 Å². The van der Waals surface area contributed by atoms with Crippen molar-refractivity contribution in [1.29, 1.82) is 0 Å². The number of para-hydroxylation sites is 1. The highest BCUT2D eigenvalue weighted by Crippen LogP contribution is 2.33. The molecule has 1 atom stereocenters. The lowest BCUT2D eigenvalue weighted by Crippen LogP contribution is -2.50. The lowest BCUT2D eigenvalue weighted by Gasteiger charge is -2.38. The van der Waals surface area contributed by atoms with Crippen LogP contribution in [0.2, 0.25) is 0 Å². The smallest absolute Gasteiger partial charge is 0.230 e. The summed E-state index contributed by atoms with van der Waals surface area (Å²) in [6, 6.07) is 11.6. The molecule has 25 heavy (non-hydrogen) atoms. The van der Waals surface area contributed by atoms with Gasteiger partial charge in [0.15, 0.2) is 0 Å². The Hall–Kier alpha value is -2.89. The molecule has 3 heterocycles. The number of carbonyl (C=O) groups excluding carboxylic acids is 2. The van der Waals surface area contributed by atoms with Gasteiger partial charge in [-0.05, 0) is 23.8 Å². The van der Waals surface area contributed by atoms with Crippen molar-refractivity contribution >= 4 is 23.2 Å². The molecule has 0 aliphatic carbocycles. The maximum absolute atomic E-state index is 13.0. The van der Waals surface area contributed by atoms with Crippen LogP contribution in [0.1, 0.15) is 17.9 Å². The quantitative estimate of drug-likeness (QED) is 0.909. The predicted octanol–water partition coefficient (Wildman–Crippen LogP) is 1.86. The molecule has 1 saturated heterocycles. The number of carbonyl (C=O) groups is 2. The predicted molar refractivity (Wildman–Crippen MR) is 95.5 cm³/mol. The second-order valence-corrected chi connectivity index (χ2v) is 6.41. The highest BCUT2D eigenvalue weighted by atomic mass is 16.2. The van der Waals surface area contributed by atoms with E-state index in [-0.39, 0.29) is 24.2 Å². The van der Waals surface area contributed by atoms with Crippen LogP contribution >= 0.6 is 0 Å². The zero-order chi connectivity index (χ0) is 17.2. The van der Waals surface area contributed by atoms with Crippen LogP contribution in [0.5, 0.6) is 0 Å². The largest absolute Gasteiger partial charge is 0.368 e.